The molecule has 0 fully saturated rings. The normalized spacial score (nSPS) is 24.0. The standard InChI is InChI=1S/C20H34O2/c1(3-5-7-13-19-15-9-11-17-21-19)2-4-6-8-14-20-16-10-12-18-22-20/h11-12,17-20H,1-10,13-16H2. The fourth-order valence-corrected chi connectivity index (χ4v) is 3.40. The van der Waals surface area contributed by atoms with Crippen molar-refractivity contribution in [2.75, 3.05) is 0 Å². The van der Waals surface area contributed by atoms with Gasteiger partial charge in [0.15, 0.2) is 0 Å². The van der Waals surface area contributed by atoms with Crippen LogP contribution in [0.25, 0.3) is 0 Å². The molecule has 0 saturated heterocycles. The smallest absolute Gasteiger partial charge is 0.0981 e. The van der Waals surface area contributed by atoms with Crippen LogP contribution in [0.2, 0.25) is 0 Å². The molecule has 0 aromatic carbocycles. The van der Waals surface area contributed by atoms with E-state index in [2.05, 4.69) is 12.2 Å². The van der Waals surface area contributed by atoms with Crippen LogP contribution in [0.3, 0.4) is 0 Å². The maximum absolute atomic E-state index is 5.60. The highest BCUT2D eigenvalue weighted by Crippen LogP contribution is 2.19. The predicted octanol–water partition coefficient (Wildman–Crippen LogP) is 6.27. The number of allylic oxidation sites excluding steroid dienone is 2. The maximum atomic E-state index is 5.60. The van der Waals surface area contributed by atoms with Gasteiger partial charge in [0.1, 0.15) is 0 Å². The molecule has 0 N–H and O–H groups in total. The van der Waals surface area contributed by atoms with E-state index < -0.39 is 0 Å². The van der Waals surface area contributed by atoms with Crippen LogP contribution < -0.4 is 0 Å². The Morgan fingerprint density at radius 2 is 1.00 bits per heavy atom. The first kappa shape index (κ1) is 17.4. The van der Waals surface area contributed by atoms with E-state index in [1.165, 1.54) is 89.9 Å². The summed E-state index contributed by atoms with van der Waals surface area (Å²) in [5, 5.41) is 0. The predicted molar refractivity (Wildman–Crippen MR) is 92.7 cm³/mol. The summed E-state index contributed by atoms with van der Waals surface area (Å²) in [5.41, 5.74) is 0. The molecule has 0 spiro atoms. The van der Waals surface area contributed by atoms with Crippen molar-refractivity contribution >= 4 is 0 Å². The van der Waals surface area contributed by atoms with Gasteiger partial charge in [0.2, 0.25) is 0 Å². The Labute approximate surface area is 137 Å². The van der Waals surface area contributed by atoms with Crippen molar-refractivity contribution < 1.29 is 9.47 Å². The Morgan fingerprint density at radius 1 is 0.591 bits per heavy atom. The van der Waals surface area contributed by atoms with E-state index in [4.69, 9.17) is 9.47 Å². The zero-order chi connectivity index (χ0) is 15.3. The third-order valence-electron chi connectivity index (χ3n) is 4.85. The summed E-state index contributed by atoms with van der Waals surface area (Å²) in [6, 6.07) is 0. The lowest BCUT2D eigenvalue weighted by atomic mass is 10.0. The van der Waals surface area contributed by atoms with Gasteiger partial charge in [0.25, 0.3) is 0 Å². The minimum Gasteiger partial charge on any atom is -0.498 e. The average Bonchev–Trinajstić information content (AvgIpc) is 2.58. The fourth-order valence-electron chi connectivity index (χ4n) is 3.40. The maximum Gasteiger partial charge on any atom is 0.0981 e. The molecule has 2 aliphatic rings. The van der Waals surface area contributed by atoms with E-state index in [1.807, 2.05) is 12.5 Å². The van der Waals surface area contributed by atoms with E-state index in [1.54, 1.807) is 0 Å². The minimum absolute atomic E-state index is 0.502. The summed E-state index contributed by atoms with van der Waals surface area (Å²) in [6.07, 6.45) is 27.5. The molecule has 2 aliphatic heterocycles. The second-order valence-electron chi connectivity index (χ2n) is 6.82. The number of ether oxygens (including phenoxy) is 2. The van der Waals surface area contributed by atoms with Crippen LogP contribution >= 0.6 is 0 Å². The van der Waals surface area contributed by atoms with Crippen LogP contribution in [0, 0.1) is 0 Å². The van der Waals surface area contributed by atoms with E-state index in [0.29, 0.717) is 12.2 Å². The first-order valence-electron chi connectivity index (χ1n) is 9.56. The lowest BCUT2D eigenvalue weighted by molar-refractivity contribution is 0.112. The van der Waals surface area contributed by atoms with Crippen molar-refractivity contribution in [3.8, 4) is 0 Å². The van der Waals surface area contributed by atoms with Crippen molar-refractivity contribution in [2.24, 2.45) is 0 Å². The number of hydrogen-bond donors (Lipinski definition) is 0. The number of unbranched alkanes of at least 4 members (excludes halogenated alkanes) is 7. The molecular weight excluding hydrogens is 272 g/mol. The third-order valence-corrected chi connectivity index (χ3v) is 4.85. The Balaban J connectivity index is 1.30. The summed E-state index contributed by atoms with van der Waals surface area (Å²) in [7, 11) is 0. The Hall–Kier alpha value is -0.920. The summed E-state index contributed by atoms with van der Waals surface area (Å²) in [4.78, 5) is 0. The second kappa shape index (κ2) is 11.6. The van der Waals surface area contributed by atoms with Gasteiger partial charge in [-0.25, -0.2) is 0 Å². The van der Waals surface area contributed by atoms with Gasteiger partial charge >= 0.3 is 0 Å². The van der Waals surface area contributed by atoms with Crippen LogP contribution in [0.15, 0.2) is 24.7 Å². The zero-order valence-electron chi connectivity index (χ0n) is 14.2. The van der Waals surface area contributed by atoms with Crippen LogP contribution in [0.5, 0.6) is 0 Å². The molecule has 2 atom stereocenters. The molecule has 2 nitrogen and oxygen atoms in total. The van der Waals surface area contributed by atoms with Crippen molar-refractivity contribution in [1.82, 2.24) is 0 Å². The third kappa shape index (κ3) is 7.91. The van der Waals surface area contributed by atoms with Crippen molar-refractivity contribution in [2.45, 2.75) is 102 Å². The van der Waals surface area contributed by atoms with Gasteiger partial charge < -0.3 is 9.47 Å². The van der Waals surface area contributed by atoms with Crippen molar-refractivity contribution in [3.63, 3.8) is 0 Å². The zero-order valence-corrected chi connectivity index (χ0v) is 14.2. The monoisotopic (exact) mass is 306 g/mol. The van der Waals surface area contributed by atoms with Gasteiger partial charge in [0.05, 0.1) is 24.7 Å². The van der Waals surface area contributed by atoms with Gasteiger partial charge in [-0.1, -0.05) is 38.5 Å². The fraction of sp³-hybridized carbons (Fsp3) is 0.800. The van der Waals surface area contributed by atoms with Gasteiger partial charge in [-0.3, -0.25) is 0 Å². The van der Waals surface area contributed by atoms with Gasteiger partial charge in [0, 0.05) is 0 Å². The molecular formula is C20H34O2. The van der Waals surface area contributed by atoms with Crippen LogP contribution in [-0.2, 0) is 9.47 Å². The SMILES string of the molecule is C1=COC(CCCCCCCCCCC2CCC=CO2)CC1. The molecule has 0 radical (unpaired) electrons. The largest absolute Gasteiger partial charge is 0.498 e. The molecule has 0 aliphatic carbocycles. The minimum atomic E-state index is 0.502. The summed E-state index contributed by atoms with van der Waals surface area (Å²) < 4.78 is 11.2. The average molecular weight is 306 g/mol. The molecule has 0 aromatic rings. The first-order chi connectivity index (χ1) is 10.9. The highest BCUT2D eigenvalue weighted by atomic mass is 16.5. The highest BCUT2D eigenvalue weighted by Gasteiger charge is 2.10. The molecule has 0 saturated carbocycles. The topological polar surface area (TPSA) is 18.5 Å². The molecule has 0 bridgehead atoms. The number of hydrogen-bond acceptors (Lipinski definition) is 2. The van der Waals surface area contributed by atoms with Gasteiger partial charge in [-0.2, -0.15) is 0 Å². The van der Waals surface area contributed by atoms with Crippen molar-refractivity contribution in [3.05, 3.63) is 24.7 Å². The highest BCUT2D eigenvalue weighted by molar-refractivity contribution is 4.82. The lowest BCUT2D eigenvalue weighted by Crippen LogP contribution is -2.12. The summed E-state index contributed by atoms with van der Waals surface area (Å²) in [6.45, 7) is 0. The summed E-state index contributed by atoms with van der Waals surface area (Å²) >= 11 is 0. The molecule has 2 rings (SSSR count). The van der Waals surface area contributed by atoms with Crippen LogP contribution in [-0.4, -0.2) is 12.2 Å². The molecule has 0 amide bonds. The lowest BCUT2D eigenvalue weighted by Gasteiger charge is -2.19. The molecule has 2 unspecified atom stereocenters. The first-order valence-corrected chi connectivity index (χ1v) is 9.56. The van der Waals surface area contributed by atoms with Crippen LogP contribution in [0.4, 0.5) is 0 Å². The van der Waals surface area contributed by atoms with Gasteiger partial charge in [-0.15, -0.1) is 0 Å². The molecule has 0 aromatic heterocycles. The Kier molecular flexibility index (Phi) is 9.21. The van der Waals surface area contributed by atoms with E-state index in [-0.39, 0.29) is 0 Å². The van der Waals surface area contributed by atoms with E-state index in [9.17, 15) is 0 Å². The quantitative estimate of drug-likeness (QED) is 0.419. The second-order valence-corrected chi connectivity index (χ2v) is 6.82. The Bertz CT molecular complexity index is 290. The van der Waals surface area contributed by atoms with E-state index in [0.717, 1.165) is 0 Å². The van der Waals surface area contributed by atoms with Crippen molar-refractivity contribution in [1.29, 1.82) is 0 Å². The number of rotatable bonds is 11. The molecule has 126 valence electrons. The molecule has 22 heavy (non-hydrogen) atoms. The van der Waals surface area contributed by atoms with Gasteiger partial charge in [-0.05, 0) is 63.5 Å². The molecule has 2 heteroatoms. The van der Waals surface area contributed by atoms with E-state index >= 15 is 0 Å². The summed E-state index contributed by atoms with van der Waals surface area (Å²) in [5.74, 6) is 0. The Morgan fingerprint density at radius 3 is 1.36 bits per heavy atom. The molecule has 2 heterocycles. The van der Waals surface area contributed by atoms with Crippen LogP contribution in [0.1, 0.15) is 89.9 Å².